The molecule has 0 atom stereocenters. The summed E-state index contributed by atoms with van der Waals surface area (Å²) in [5.41, 5.74) is 0. The Bertz CT molecular complexity index is 247. The van der Waals surface area contributed by atoms with Gasteiger partial charge in [0.1, 0.15) is 0 Å². The van der Waals surface area contributed by atoms with Crippen LogP contribution in [0.25, 0.3) is 0 Å². The van der Waals surface area contributed by atoms with E-state index in [0.29, 0.717) is 6.61 Å². The average Bonchev–Trinajstić information content (AvgIpc) is 2.46. The van der Waals surface area contributed by atoms with Gasteiger partial charge in [-0.3, -0.25) is 4.79 Å². The molecular formula is C17H33NO2. The molecule has 3 nitrogen and oxygen atoms in total. The van der Waals surface area contributed by atoms with Crippen molar-refractivity contribution >= 4 is 5.97 Å². The van der Waals surface area contributed by atoms with Crippen molar-refractivity contribution in [3.63, 3.8) is 0 Å². The van der Waals surface area contributed by atoms with E-state index >= 15 is 0 Å². The van der Waals surface area contributed by atoms with Gasteiger partial charge < -0.3 is 9.64 Å². The van der Waals surface area contributed by atoms with Crippen molar-refractivity contribution in [3.8, 4) is 0 Å². The van der Waals surface area contributed by atoms with Crippen LogP contribution in [0.5, 0.6) is 0 Å². The molecule has 0 radical (unpaired) electrons. The summed E-state index contributed by atoms with van der Waals surface area (Å²) in [7, 11) is 2.11. The first-order valence-electron chi connectivity index (χ1n) is 8.59. The highest BCUT2D eigenvalue weighted by Gasteiger charge is 2.24. The van der Waals surface area contributed by atoms with Crippen LogP contribution in [0.2, 0.25) is 0 Å². The minimum absolute atomic E-state index is 0.0426. The molecule has 1 saturated heterocycles. The van der Waals surface area contributed by atoms with Crippen molar-refractivity contribution in [1.29, 1.82) is 0 Å². The average molecular weight is 283 g/mol. The molecule has 0 aromatic rings. The summed E-state index contributed by atoms with van der Waals surface area (Å²) < 4.78 is 5.40. The van der Waals surface area contributed by atoms with Crippen LogP contribution in [0.4, 0.5) is 0 Å². The molecule has 0 aromatic heterocycles. The number of piperidine rings is 1. The normalized spacial score (nSPS) is 17.3. The number of nitrogens with zero attached hydrogens (tertiary/aromatic N) is 1. The standard InChI is InChI=1S/C17H33NO2/c1-3-4-5-6-7-8-9-10-15-20-17(19)16-11-13-18(2)14-12-16/h16H,3-15H2,1-2H3. The Kier molecular flexibility index (Phi) is 9.73. The molecule has 0 aromatic carbocycles. The zero-order valence-electron chi connectivity index (χ0n) is 13.5. The number of hydrogen-bond donors (Lipinski definition) is 0. The van der Waals surface area contributed by atoms with Crippen LogP contribution in [-0.4, -0.2) is 37.6 Å². The van der Waals surface area contributed by atoms with Crippen molar-refractivity contribution in [2.24, 2.45) is 5.92 Å². The topological polar surface area (TPSA) is 29.5 Å². The summed E-state index contributed by atoms with van der Waals surface area (Å²) in [5, 5.41) is 0. The number of esters is 1. The molecule has 0 N–H and O–H groups in total. The molecule has 3 heteroatoms. The molecule has 0 aliphatic carbocycles. The third-order valence-electron chi connectivity index (χ3n) is 4.29. The summed E-state index contributed by atoms with van der Waals surface area (Å²) in [6.07, 6.45) is 12.2. The van der Waals surface area contributed by atoms with Crippen LogP contribution in [0.15, 0.2) is 0 Å². The first-order chi connectivity index (χ1) is 9.74. The number of carbonyl (C=O) groups is 1. The highest BCUT2D eigenvalue weighted by molar-refractivity contribution is 5.72. The first-order valence-corrected chi connectivity index (χ1v) is 8.59. The zero-order valence-corrected chi connectivity index (χ0v) is 13.5. The van der Waals surface area contributed by atoms with Crippen LogP contribution >= 0.6 is 0 Å². The van der Waals surface area contributed by atoms with Gasteiger partial charge in [0.2, 0.25) is 0 Å². The van der Waals surface area contributed by atoms with E-state index in [1.54, 1.807) is 0 Å². The third kappa shape index (κ3) is 7.88. The molecule has 118 valence electrons. The third-order valence-corrected chi connectivity index (χ3v) is 4.29. The van der Waals surface area contributed by atoms with Crippen LogP contribution in [0.1, 0.15) is 71.1 Å². The van der Waals surface area contributed by atoms with Gasteiger partial charge in [-0.15, -0.1) is 0 Å². The molecule has 1 aliphatic rings. The Morgan fingerprint density at radius 2 is 1.55 bits per heavy atom. The van der Waals surface area contributed by atoms with Crippen molar-refractivity contribution in [2.75, 3.05) is 26.7 Å². The first kappa shape index (κ1) is 17.5. The van der Waals surface area contributed by atoms with E-state index in [1.165, 1.54) is 44.9 Å². The van der Waals surface area contributed by atoms with E-state index in [9.17, 15) is 4.79 Å². The number of ether oxygens (including phenoxy) is 1. The van der Waals surface area contributed by atoms with Gasteiger partial charge in [0.05, 0.1) is 12.5 Å². The van der Waals surface area contributed by atoms with Gasteiger partial charge in [0.15, 0.2) is 0 Å². The Labute approximate surface area is 125 Å². The number of likely N-dealkylation sites (tertiary alicyclic amines) is 1. The maximum absolute atomic E-state index is 11.9. The highest BCUT2D eigenvalue weighted by atomic mass is 16.5. The van der Waals surface area contributed by atoms with Crippen LogP contribution < -0.4 is 0 Å². The monoisotopic (exact) mass is 283 g/mol. The lowest BCUT2D eigenvalue weighted by atomic mass is 9.97. The van der Waals surface area contributed by atoms with Crippen LogP contribution in [0.3, 0.4) is 0 Å². The fourth-order valence-electron chi connectivity index (χ4n) is 2.77. The minimum Gasteiger partial charge on any atom is -0.465 e. The molecule has 1 fully saturated rings. The summed E-state index contributed by atoms with van der Waals surface area (Å²) in [5.74, 6) is 0.196. The lowest BCUT2D eigenvalue weighted by Crippen LogP contribution is -2.34. The molecule has 20 heavy (non-hydrogen) atoms. The predicted molar refractivity (Wildman–Crippen MR) is 83.8 cm³/mol. The quantitative estimate of drug-likeness (QED) is 0.448. The summed E-state index contributed by atoms with van der Waals surface area (Å²) in [6, 6.07) is 0. The zero-order chi connectivity index (χ0) is 14.6. The van der Waals surface area contributed by atoms with E-state index in [-0.39, 0.29) is 11.9 Å². The van der Waals surface area contributed by atoms with Crippen molar-refractivity contribution in [3.05, 3.63) is 0 Å². The summed E-state index contributed by atoms with van der Waals surface area (Å²) >= 11 is 0. The number of hydrogen-bond acceptors (Lipinski definition) is 3. The molecule has 0 bridgehead atoms. The van der Waals surface area contributed by atoms with Crippen LogP contribution in [0, 0.1) is 5.92 Å². The van der Waals surface area contributed by atoms with Gasteiger partial charge in [-0.2, -0.15) is 0 Å². The Morgan fingerprint density at radius 1 is 1.00 bits per heavy atom. The van der Waals surface area contributed by atoms with Crippen LogP contribution in [-0.2, 0) is 9.53 Å². The number of unbranched alkanes of at least 4 members (excludes halogenated alkanes) is 7. The van der Waals surface area contributed by atoms with Crippen molar-refractivity contribution in [2.45, 2.75) is 71.1 Å². The maximum atomic E-state index is 11.9. The Balaban J connectivity index is 1.89. The Hall–Kier alpha value is -0.570. The van der Waals surface area contributed by atoms with Gasteiger partial charge in [-0.25, -0.2) is 0 Å². The second-order valence-corrected chi connectivity index (χ2v) is 6.22. The maximum Gasteiger partial charge on any atom is 0.309 e. The summed E-state index contributed by atoms with van der Waals surface area (Å²) in [4.78, 5) is 14.2. The molecule has 0 saturated carbocycles. The van der Waals surface area contributed by atoms with Gasteiger partial charge in [-0.05, 0) is 39.4 Å². The van der Waals surface area contributed by atoms with Gasteiger partial charge in [0.25, 0.3) is 0 Å². The van der Waals surface area contributed by atoms with Gasteiger partial charge >= 0.3 is 5.97 Å². The highest BCUT2D eigenvalue weighted by Crippen LogP contribution is 2.17. The fraction of sp³-hybridized carbons (Fsp3) is 0.941. The van der Waals surface area contributed by atoms with E-state index in [4.69, 9.17) is 4.74 Å². The number of carbonyl (C=O) groups excluding carboxylic acids is 1. The summed E-state index contributed by atoms with van der Waals surface area (Å²) in [6.45, 7) is 4.92. The van der Waals surface area contributed by atoms with E-state index in [1.807, 2.05) is 0 Å². The largest absolute Gasteiger partial charge is 0.465 e. The molecule has 0 spiro atoms. The van der Waals surface area contributed by atoms with Gasteiger partial charge in [0, 0.05) is 0 Å². The smallest absolute Gasteiger partial charge is 0.309 e. The predicted octanol–water partition coefficient (Wildman–Crippen LogP) is 4.01. The fourth-order valence-corrected chi connectivity index (χ4v) is 2.77. The van der Waals surface area contributed by atoms with Crippen molar-refractivity contribution in [1.82, 2.24) is 4.90 Å². The molecule has 1 heterocycles. The lowest BCUT2D eigenvalue weighted by Gasteiger charge is -2.27. The molecular weight excluding hydrogens is 250 g/mol. The SMILES string of the molecule is CCCCCCCCCCOC(=O)C1CCN(C)CC1. The second kappa shape index (κ2) is 11.1. The Morgan fingerprint density at radius 3 is 2.15 bits per heavy atom. The van der Waals surface area contributed by atoms with E-state index in [0.717, 1.165) is 32.4 Å². The number of rotatable bonds is 10. The van der Waals surface area contributed by atoms with E-state index in [2.05, 4.69) is 18.9 Å². The molecule has 0 amide bonds. The molecule has 0 unspecified atom stereocenters. The van der Waals surface area contributed by atoms with Crippen molar-refractivity contribution < 1.29 is 9.53 Å². The van der Waals surface area contributed by atoms with E-state index < -0.39 is 0 Å². The van der Waals surface area contributed by atoms with Gasteiger partial charge in [-0.1, -0.05) is 51.9 Å². The molecule has 1 aliphatic heterocycles. The lowest BCUT2D eigenvalue weighted by molar-refractivity contribution is -0.150. The minimum atomic E-state index is 0.0426. The second-order valence-electron chi connectivity index (χ2n) is 6.22. The molecule has 1 rings (SSSR count).